The second-order valence-corrected chi connectivity index (χ2v) is 7.28. The van der Waals surface area contributed by atoms with Crippen LogP contribution in [0.15, 0.2) is 24.3 Å². The predicted octanol–water partition coefficient (Wildman–Crippen LogP) is 4.09. The number of carbonyl (C=O) groups is 4. The van der Waals surface area contributed by atoms with Crippen molar-refractivity contribution in [3.05, 3.63) is 57.6 Å². The highest BCUT2D eigenvalue weighted by Crippen LogP contribution is 2.25. The summed E-state index contributed by atoms with van der Waals surface area (Å²) in [7, 11) is 0. The maximum absolute atomic E-state index is 12.7. The molecule has 30 heavy (non-hydrogen) atoms. The van der Waals surface area contributed by atoms with Gasteiger partial charge in [0.1, 0.15) is 6.61 Å². The minimum atomic E-state index is -0.613. The number of ether oxygens (including phenoxy) is 1. The molecule has 2 amide bonds. The predicted molar refractivity (Wildman–Crippen MR) is 115 cm³/mol. The molecule has 2 N–H and O–H groups in total. The Bertz CT molecular complexity index is 1010. The zero-order valence-electron chi connectivity index (χ0n) is 18.1. The SMILES string of the molecule is CC(=O)Nc1cc(NC(C)=O)cc(C(=O)OCc2c(C)cc(C)c(C(C)=O)c2C)c1. The Balaban J connectivity index is 2.32. The Morgan fingerprint density at radius 1 is 0.800 bits per heavy atom. The first-order valence-corrected chi connectivity index (χ1v) is 9.47. The number of esters is 1. The standard InChI is InChI=1S/C23H26N2O5/c1-12-7-13(2)22(15(4)26)14(3)21(12)11-30-23(29)18-8-19(24-16(5)27)10-20(9-18)25-17(6)28/h7-10H,11H2,1-6H3,(H,24,27)(H,25,28). The Morgan fingerprint density at radius 3 is 1.80 bits per heavy atom. The van der Waals surface area contributed by atoms with Crippen molar-refractivity contribution in [3.63, 3.8) is 0 Å². The van der Waals surface area contributed by atoms with Crippen LogP contribution in [0.1, 0.15) is 63.7 Å². The lowest BCUT2D eigenvalue weighted by Gasteiger charge is -2.16. The molecule has 0 aliphatic rings. The Kier molecular flexibility index (Phi) is 7.10. The van der Waals surface area contributed by atoms with Gasteiger partial charge in [0.15, 0.2) is 5.78 Å². The second-order valence-electron chi connectivity index (χ2n) is 7.28. The minimum absolute atomic E-state index is 0.00308. The highest BCUT2D eigenvalue weighted by Gasteiger charge is 2.17. The van der Waals surface area contributed by atoms with Crippen molar-refractivity contribution in [1.29, 1.82) is 0 Å². The summed E-state index contributed by atoms with van der Waals surface area (Å²) in [6.07, 6.45) is 0. The van der Waals surface area contributed by atoms with Gasteiger partial charge in [-0.25, -0.2) is 4.79 Å². The summed E-state index contributed by atoms with van der Waals surface area (Å²) >= 11 is 0. The van der Waals surface area contributed by atoms with Crippen LogP contribution in [-0.4, -0.2) is 23.6 Å². The number of hydrogen-bond acceptors (Lipinski definition) is 5. The number of nitrogens with one attached hydrogen (secondary N) is 2. The lowest BCUT2D eigenvalue weighted by Crippen LogP contribution is -2.13. The molecule has 158 valence electrons. The number of Topliss-reactive ketones (excluding diaryl/α,β-unsaturated/α-hetero) is 1. The molecule has 0 saturated heterocycles. The fourth-order valence-corrected chi connectivity index (χ4v) is 3.51. The Hall–Kier alpha value is -3.48. The van der Waals surface area contributed by atoms with Crippen LogP contribution in [0.4, 0.5) is 11.4 Å². The van der Waals surface area contributed by atoms with E-state index in [9.17, 15) is 19.2 Å². The summed E-state index contributed by atoms with van der Waals surface area (Å²) < 4.78 is 5.49. The molecule has 0 bridgehead atoms. The van der Waals surface area contributed by atoms with Gasteiger partial charge < -0.3 is 15.4 Å². The van der Waals surface area contributed by atoms with Crippen molar-refractivity contribution >= 4 is 34.9 Å². The molecular weight excluding hydrogens is 384 g/mol. The van der Waals surface area contributed by atoms with E-state index in [0.29, 0.717) is 16.9 Å². The molecule has 2 rings (SSSR count). The van der Waals surface area contributed by atoms with E-state index in [-0.39, 0.29) is 29.8 Å². The molecule has 0 saturated carbocycles. The summed E-state index contributed by atoms with van der Waals surface area (Å²) in [6.45, 7) is 9.82. The van der Waals surface area contributed by atoms with Gasteiger partial charge in [-0.1, -0.05) is 6.07 Å². The number of ketones is 1. The third-order valence-corrected chi connectivity index (χ3v) is 4.64. The Morgan fingerprint density at radius 2 is 1.33 bits per heavy atom. The van der Waals surface area contributed by atoms with Crippen LogP contribution in [0.3, 0.4) is 0 Å². The van der Waals surface area contributed by atoms with Crippen LogP contribution >= 0.6 is 0 Å². The molecule has 0 spiro atoms. The number of aryl methyl sites for hydroxylation is 2. The van der Waals surface area contributed by atoms with Gasteiger partial charge >= 0.3 is 5.97 Å². The summed E-state index contributed by atoms with van der Waals surface area (Å²) in [6, 6.07) is 6.40. The van der Waals surface area contributed by atoms with E-state index in [1.54, 1.807) is 6.07 Å². The van der Waals surface area contributed by atoms with Gasteiger partial charge in [0.2, 0.25) is 11.8 Å². The molecule has 0 heterocycles. The summed E-state index contributed by atoms with van der Waals surface area (Å²) in [4.78, 5) is 47.4. The van der Waals surface area contributed by atoms with E-state index in [1.807, 2.05) is 26.8 Å². The quantitative estimate of drug-likeness (QED) is 0.552. The van der Waals surface area contributed by atoms with Crippen LogP contribution in [0.5, 0.6) is 0 Å². The monoisotopic (exact) mass is 410 g/mol. The Labute approximate surface area is 175 Å². The summed E-state index contributed by atoms with van der Waals surface area (Å²) in [5, 5.41) is 5.19. The van der Waals surface area contributed by atoms with Crippen molar-refractivity contribution in [2.75, 3.05) is 10.6 Å². The van der Waals surface area contributed by atoms with Crippen molar-refractivity contribution in [2.24, 2.45) is 0 Å². The van der Waals surface area contributed by atoms with Crippen LogP contribution in [0.2, 0.25) is 0 Å². The number of anilines is 2. The maximum Gasteiger partial charge on any atom is 0.338 e. The number of rotatable bonds is 6. The molecule has 0 fully saturated rings. The number of amides is 2. The van der Waals surface area contributed by atoms with Gasteiger partial charge in [0.05, 0.1) is 5.56 Å². The molecule has 0 atom stereocenters. The smallest absolute Gasteiger partial charge is 0.338 e. The van der Waals surface area contributed by atoms with Crippen LogP contribution in [0.25, 0.3) is 0 Å². The molecule has 0 aliphatic carbocycles. The molecule has 0 radical (unpaired) electrons. The van der Waals surface area contributed by atoms with E-state index in [2.05, 4.69) is 10.6 Å². The van der Waals surface area contributed by atoms with Gasteiger partial charge in [0, 0.05) is 30.8 Å². The van der Waals surface area contributed by atoms with E-state index in [0.717, 1.165) is 22.3 Å². The minimum Gasteiger partial charge on any atom is -0.457 e. The van der Waals surface area contributed by atoms with Gasteiger partial charge in [-0.05, 0) is 68.1 Å². The first-order valence-electron chi connectivity index (χ1n) is 9.47. The van der Waals surface area contributed by atoms with Gasteiger partial charge in [0.25, 0.3) is 0 Å². The van der Waals surface area contributed by atoms with Gasteiger partial charge in [-0.3, -0.25) is 14.4 Å². The van der Waals surface area contributed by atoms with Crippen LogP contribution in [0, 0.1) is 20.8 Å². The second kappa shape index (κ2) is 9.35. The zero-order valence-corrected chi connectivity index (χ0v) is 18.1. The van der Waals surface area contributed by atoms with E-state index < -0.39 is 5.97 Å². The average Bonchev–Trinajstić information content (AvgIpc) is 2.59. The fourth-order valence-electron chi connectivity index (χ4n) is 3.51. The fraction of sp³-hybridized carbons (Fsp3) is 0.304. The first kappa shape index (κ1) is 22.8. The van der Waals surface area contributed by atoms with Crippen LogP contribution in [-0.2, 0) is 20.9 Å². The molecule has 2 aromatic carbocycles. The van der Waals surface area contributed by atoms with E-state index in [1.165, 1.54) is 32.9 Å². The highest BCUT2D eigenvalue weighted by molar-refractivity contribution is 5.98. The lowest BCUT2D eigenvalue weighted by molar-refractivity contribution is -0.115. The number of hydrogen-bond donors (Lipinski definition) is 2. The molecule has 2 aromatic rings. The first-order chi connectivity index (χ1) is 14.0. The van der Waals surface area contributed by atoms with Crippen molar-refractivity contribution in [2.45, 2.75) is 48.1 Å². The number of benzene rings is 2. The van der Waals surface area contributed by atoms with Gasteiger partial charge in [-0.2, -0.15) is 0 Å². The summed E-state index contributed by atoms with van der Waals surface area (Å²) in [5.74, 6) is -1.27. The third kappa shape index (κ3) is 5.53. The van der Waals surface area contributed by atoms with E-state index >= 15 is 0 Å². The normalized spacial score (nSPS) is 10.3. The number of carbonyl (C=O) groups excluding carboxylic acids is 4. The zero-order chi connectivity index (χ0) is 22.6. The largest absolute Gasteiger partial charge is 0.457 e. The molecule has 0 aliphatic heterocycles. The molecule has 7 nitrogen and oxygen atoms in total. The van der Waals surface area contributed by atoms with E-state index in [4.69, 9.17) is 4.74 Å². The van der Waals surface area contributed by atoms with Crippen molar-refractivity contribution in [3.8, 4) is 0 Å². The maximum atomic E-state index is 12.7. The molecule has 0 aromatic heterocycles. The highest BCUT2D eigenvalue weighted by atomic mass is 16.5. The van der Waals surface area contributed by atoms with Crippen LogP contribution < -0.4 is 10.6 Å². The summed E-state index contributed by atoms with van der Waals surface area (Å²) in [5.41, 5.74) is 4.92. The average molecular weight is 410 g/mol. The van der Waals surface area contributed by atoms with Crippen molar-refractivity contribution < 1.29 is 23.9 Å². The topological polar surface area (TPSA) is 102 Å². The third-order valence-electron chi connectivity index (χ3n) is 4.64. The van der Waals surface area contributed by atoms with Gasteiger partial charge in [-0.15, -0.1) is 0 Å². The lowest BCUT2D eigenvalue weighted by atomic mass is 9.92. The molecule has 0 unspecified atom stereocenters. The molecular formula is C23H26N2O5. The van der Waals surface area contributed by atoms with Crippen molar-refractivity contribution in [1.82, 2.24) is 0 Å². The molecule has 7 heteroatoms.